The lowest BCUT2D eigenvalue weighted by molar-refractivity contribution is 0.0599. The van der Waals surface area contributed by atoms with Gasteiger partial charge in [-0.1, -0.05) is 0 Å². The maximum absolute atomic E-state index is 11.4. The molecule has 0 spiro atoms. The van der Waals surface area contributed by atoms with Crippen LogP contribution in [-0.2, 0) is 4.74 Å². The number of hydrogen-bond donors (Lipinski definition) is 2. The predicted molar refractivity (Wildman–Crippen MR) is 106 cm³/mol. The van der Waals surface area contributed by atoms with E-state index in [0.29, 0.717) is 17.9 Å². The summed E-state index contributed by atoms with van der Waals surface area (Å²) in [5.41, 5.74) is 1.55. The van der Waals surface area contributed by atoms with Crippen LogP contribution in [0, 0.1) is 0 Å². The van der Waals surface area contributed by atoms with Crippen molar-refractivity contribution in [1.29, 1.82) is 0 Å². The van der Waals surface area contributed by atoms with Crippen LogP contribution in [0.15, 0.2) is 48.5 Å². The molecule has 28 heavy (non-hydrogen) atoms. The van der Waals surface area contributed by atoms with Gasteiger partial charge in [-0.3, -0.25) is 4.90 Å². The normalized spacial score (nSPS) is 15.9. The number of methoxy groups -OCH3 is 1. The molecule has 2 aromatic carbocycles. The lowest BCUT2D eigenvalue weighted by atomic mass is 10.2. The van der Waals surface area contributed by atoms with Crippen LogP contribution in [0.1, 0.15) is 10.4 Å². The van der Waals surface area contributed by atoms with E-state index in [1.807, 2.05) is 12.1 Å². The number of β-amino-alcohol motifs (C(OH)–C–C–N with tert-alkyl or cyclic N) is 1. The minimum atomic E-state index is -0.597. The van der Waals surface area contributed by atoms with Gasteiger partial charge in [-0.05, 0) is 48.5 Å². The largest absolute Gasteiger partial charge is 0.508 e. The van der Waals surface area contributed by atoms with E-state index in [0.717, 1.165) is 31.9 Å². The van der Waals surface area contributed by atoms with Crippen molar-refractivity contribution >= 4 is 11.7 Å². The van der Waals surface area contributed by atoms with Crippen LogP contribution in [0.25, 0.3) is 0 Å². The van der Waals surface area contributed by atoms with Crippen LogP contribution in [-0.4, -0.2) is 73.6 Å². The summed E-state index contributed by atoms with van der Waals surface area (Å²) in [5.74, 6) is 0.479. The zero-order chi connectivity index (χ0) is 19.9. The second-order valence-electron chi connectivity index (χ2n) is 6.78. The zero-order valence-corrected chi connectivity index (χ0v) is 16.0. The molecule has 1 unspecified atom stereocenters. The van der Waals surface area contributed by atoms with Gasteiger partial charge in [0.05, 0.1) is 12.7 Å². The van der Waals surface area contributed by atoms with Gasteiger partial charge < -0.3 is 24.6 Å². The number of anilines is 1. The van der Waals surface area contributed by atoms with Gasteiger partial charge in [-0.2, -0.15) is 0 Å². The number of piperazine rings is 1. The molecule has 1 aliphatic heterocycles. The number of esters is 1. The summed E-state index contributed by atoms with van der Waals surface area (Å²) in [7, 11) is 1.34. The summed E-state index contributed by atoms with van der Waals surface area (Å²) in [6.07, 6.45) is -0.597. The first-order valence-corrected chi connectivity index (χ1v) is 9.31. The SMILES string of the molecule is COC(=O)c1ccc(OCC(O)CN2CCN(c3ccc(O)cc3)CC2)cc1. The quantitative estimate of drug-likeness (QED) is 0.702. The first-order chi connectivity index (χ1) is 13.5. The number of phenols is 1. The standard InChI is InChI=1S/C21H26N2O5/c1-27-21(26)16-2-8-20(9-3-16)28-15-19(25)14-22-10-12-23(13-11-22)17-4-6-18(24)7-5-17/h2-9,19,24-25H,10-15H2,1H3. The molecule has 0 saturated carbocycles. The maximum Gasteiger partial charge on any atom is 0.337 e. The van der Waals surface area contributed by atoms with Crippen LogP contribution in [0.4, 0.5) is 5.69 Å². The van der Waals surface area contributed by atoms with E-state index in [1.54, 1.807) is 36.4 Å². The van der Waals surface area contributed by atoms with E-state index < -0.39 is 12.1 Å². The second kappa shape index (κ2) is 9.43. The molecule has 7 nitrogen and oxygen atoms in total. The summed E-state index contributed by atoms with van der Waals surface area (Å²) in [4.78, 5) is 15.9. The van der Waals surface area contributed by atoms with Crippen molar-refractivity contribution < 1.29 is 24.5 Å². The van der Waals surface area contributed by atoms with Crippen molar-refractivity contribution in [2.45, 2.75) is 6.10 Å². The summed E-state index contributed by atoms with van der Waals surface area (Å²) < 4.78 is 10.3. The molecule has 1 fully saturated rings. The van der Waals surface area contributed by atoms with Gasteiger partial charge in [-0.15, -0.1) is 0 Å². The maximum atomic E-state index is 11.4. The predicted octanol–water partition coefficient (Wildman–Crippen LogP) is 1.74. The number of carbonyl (C=O) groups excluding carboxylic acids is 1. The summed E-state index contributed by atoms with van der Waals surface area (Å²) in [5, 5.41) is 19.7. The average Bonchev–Trinajstić information content (AvgIpc) is 2.73. The second-order valence-corrected chi connectivity index (χ2v) is 6.78. The Balaban J connectivity index is 1.40. The van der Waals surface area contributed by atoms with E-state index in [4.69, 9.17) is 4.74 Å². The Bertz CT molecular complexity index is 755. The van der Waals surface area contributed by atoms with Gasteiger partial charge in [0.15, 0.2) is 0 Å². The average molecular weight is 386 g/mol. The van der Waals surface area contributed by atoms with E-state index in [2.05, 4.69) is 14.5 Å². The number of aromatic hydroxyl groups is 1. The number of aliphatic hydroxyl groups excluding tert-OH is 1. The van der Waals surface area contributed by atoms with Crippen molar-refractivity contribution in [3.05, 3.63) is 54.1 Å². The van der Waals surface area contributed by atoms with Crippen molar-refractivity contribution in [3.63, 3.8) is 0 Å². The molecule has 1 saturated heterocycles. The molecular weight excluding hydrogens is 360 g/mol. The van der Waals surface area contributed by atoms with Crippen LogP contribution >= 0.6 is 0 Å². The molecular formula is C21H26N2O5. The first-order valence-electron chi connectivity index (χ1n) is 9.31. The van der Waals surface area contributed by atoms with Crippen LogP contribution in [0.3, 0.4) is 0 Å². The molecule has 0 amide bonds. The Morgan fingerprint density at radius 2 is 1.68 bits per heavy atom. The van der Waals surface area contributed by atoms with Gasteiger partial charge in [0, 0.05) is 38.4 Å². The fourth-order valence-corrected chi connectivity index (χ4v) is 3.20. The van der Waals surface area contributed by atoms with Crippen molar-refractivity contribution in [3.8, 4) is 11.5 Å². The fraction of sp³-hybridized carbons (Fsp3) is 0.381. The molecule has 0 aliphatic carbocycles. The molecule has 1 atom stereocenters. The minimum Gasteiger partial charge on any atom is -0.508 e. The Kier molecular flexibility index (Phi) is 6.73. The third kappa shape index (κ3) is 5.37. The molecule has 1 aliphatic rings. The molecule has 2 N–H and O–H groups in total. The summed E-state index contributed by atoms with van der Waals surface area (Å²) in [6.45, 7) is 4.18. The van der Waals surface area contributed by atoms with Gasteiger partial charge in [0.2, 0.25) is 0 Å². The van der Waals surface area contributed by atoms with E-state index in [-0.39, 0.29) is 12.4 Å². The number of nitrogens with zero attached hydrogens (tertiary/aromatic N) is 2. The van der Waals surface area contributed by atoms with Crippen molar-refractivity contribution in [2.24, 2.45) is 0 Å². The molecule has 2 aromatic rings. The molecule has 150 valence electrons. The molecule has 3 rings (SSSR count). The van der Waals surface area contributed by atoms with Crippen molar-refractivity contribution in [1.82, 2.24) is 4.90 Å². The monoisotopic (exact) mass is 386 g/mol. The number of rotatable bonds is 7. The first kappa shape index (κ1) is 20.0. The van der Waals surface area contributed by atoms with Crippen LogP contribution < -0.4 is 9.64 Å². The molecule has 7 heteroatoms. The summed E-state index contributed by atoms with van der Waals surface area (Å²) >= 11 is 0. The molecule has 0 radical (unpaired) electrons. The van der Waals surface area contributed by atoms with Crippen molar-refractivity contribution in [2.75, 3.05) is 51.3 Å². The Morgan fingerprint density at radius 1 is 1.04 bits per heavy atom. The number of hydrogen-bond acceptors (Lipinski definition) is 7. The van der Waals surface area contributed by atoms with Crippen LogP contribution in [0.2, 0.25) is 0 Å². The van der Waals surface area contributed by atoms with E-state index >= 15 is 0 Å². The Hall–Kier alpha value is -2.77. The molecule has 1 heterocycles. The Labute approximate surface area is 164 Å². The highest BCUT2D eigenvalue weighted by molar-refractivity contribution is 5.89. The fourth-order valence-electron chi connectivity index (χ4n) is 3.20. The zero-order valence-electron chi connectivity index (χ0n) is 16.0. The number of benzene rings is 2. The van der Waals surface area contributed by atoms with E-state index in [1.165, 1.54) is 7.11 Å². The highest BCUT2D eigenvalue weighted by atomic mass is 16.5. The molecule has 0 aromatic heterocycles. The number of phenolic OH excluding ortho intramolecular Hbond substituents is 1. The lowest BCUT2D eigenvalue weighted by Gasteiger charge is -2.36. The topological polar surface area (TPSA) is 82.5 Å². The van der Waals surface area contributed by atoms with Crippen LogP contribution in [0.5, 0.6) is 11.5 Å². The van der Waals surface area contributed by atoms with Gasteiger partial charge in [-0.25, -0.2) is 4.79 Å². The minimum absolute atomic E-state index is 0.190. The third-order valence-electron chi connectivity index (χ3n) is 4.77. The number of carbonyl (C=O) groups is 1. The third-order valence-corrected chi connectivity index (χ3v) is 4.77. The highest BCUT2D eigenvalue weighted by Crippen LogP contribution is 2.20. The smallest absolute Gasteiger partial charge is 0.337 e. The number of aliphatic hydroxyl groups is 1. The lowest BCUT2D eigenvalue weighted by Crippen LogP contribution is -2.49. The van der Waals surface area contributed by atoms with Gasteiger partial charge >= 0.3 is 5.97 Å². The number of ether oxygens (including phenoxy) is 2. The Morgan fingerprint density at radius 3 is 2.29 bits per heavy atom. The summed E-state index contributed by atoms with van der Waals surface area (Å²) in [6, 6.07) is 13.9. The highest BCUT2D eigenvalue weighted by Gasteiger charge is 2.20. The van der Waals surface area contributed by atoms with Gasteiger partial charge in [0.1, 0.15) is 24.2 Å². The molecule has 0 bridgehead atoms. The van der Waals surface area contributed by atoms with E-state index in [9.17, 15) is 15.0 Å². The van der Waals surface area contributed by atoms with Gasteiger partial charge in [0.25, 0.3) is 0 Å².